The number of allylic oxidation sites excluding steroid dienone is 4. The van der Waals surface area contributed by atoms with E-state index in [2.05, 4.69) is 22.8 Å². The van der Waals surface area contributed by atoms with Crippen LogP contribution in [0.4, 0.5) is 0 Å². The Morgan fingerprint density at radius 2 is 1.71 bits per heavy atom. The zero-order chi connectivity index (χ0) is 20.5. The topological polar surface area (TPSA) is 84.5 Å². The molecule has 2 amide bonds. The van der Waals surface area contributed by atoms with E-state index < -0.39 is 17.9 Å². The lowest BCUT2D eigenvalue weighted by atomic mass is 9.99. The number of carbonyl (C=O) groups excluding carboxylic acids is 3. The summed E-state index contributed by atoms with van der Waals surface area (Å²) in [6, 6.07) is 6.57. The molecule has 0 spiro atoms. The van der Waals surface area contributed by atoms with Crippen LogP contribution in [0.3, 0.4) is 0 Å². The lowest BCUT2D eigenvalue weighted by molar-refractivity contribution is -0.147. The summed E-state index contributed by atoms with van der Waals surface area (Å²) in [7, 11) is 0. The van der Waals surface area contributed by atoms with Gasteiger partial charge in [0.05, 0.1) is 13.2 Å². The van der Waals surface area contributed by atoms with Gasteiger partial charge in [0.15, 0.2) is 0 Å². The smallest absolute Gasteiger partial charge is 0.328 e. The highest BCUT2D eigenvalue weighted by Crippen LogP contribution is 2.22. The first-order valence-electron chi connectivity index (χ1n) is 9.59. The number of amides is 2. The molecule has 6 heteroatoms. The molecule has 6 nitrogen and oxygen atoms in total. The Morgan fingerprint density at radius 3 is 2.29 bits per heavy atom. The third-order valence-corrected chi connectivity index (χ3v) is 4.33. The van der Waals surface area contributed by atoms with Crippen LogP contribution in [-0.4, -0.2) is 37.0 Å². The Kier molecular flexibility index (Phi) is 7.99. The maximum Gasteiger partial charge on any atom is 0.328 e. The summed E-state index contributed by atoms with van der Waals surface area (Å²) in [6.07, 6.45) is 8.62. The highest BCUT2D eigenvalue weighted by molar-refractivity contribution is 5.97. The van der Waals surface area contributed by atoms with Gasteiger partial charge in [0.1, 0.15) is 6.04 Å². The number of rotatable bonds is 9. The second-order valence-corrected chi connectivity index (χ2v) is 7.10. The summed E-state index contributed by atoms with van der Waals surface area (Å²) in [6.45, 7) is 5.68. The predicted octanol–water partition coefficient (Wildman–Crippen LogP) is 2.72. The first-order valence-corrected chi connectivity index (χ1v) is 9.59. The fourth-order valence-corrected chi connectivity index (χ4v) is 2.95. The van der Waals surface area contributed by atoms with E-state index in [1.807, 2.05) is 38.1 Å². The van der Waals surface area contributed by atoms with Crippen LogP contribution in [0.1, 0.15) is 49.0 Å². The molecule has 150 valence electrons. The van der Waals surface area contributed by atoms with Crippen molar-refractivity contribution in [3.63, 3.8) is 0 Å². The number of hydrogen-bond donors (Lipinski definition) is 2. The first kappa shape index (κ1) is 21.4. The van der Waals surface area contributed by atoms with Gasteiger partial charge in [0.25, 0.3) is 5.91 Å². The van der Waals surface area contributed by atoms with E-state index in [1.54, 1.807) is 19.1 Å². The molecular weight excluding hydrogens is 356 g/mol. The zero-order valence-electron chi connectivity index (χ0n) is 16.6. The molecule has 0 heterocycles. The highest BCUT2D eigenvalue weighted by atomic mass is 16.5. The largest absolute Gasteiger partial charge is 0.464 e. The molecule has 0 fully saturated rings. The van der Waals surface area contributed by atoms with Gasteiger partial charge in [0.2, 0.25) is 5.91 Å². The minimum Gasteiger partial charge on any atom is -0.464 e. The van der Waals surface area contributed by atoms with E-state index >= 15 is 0 Å². The van der Waals surface area contributed by atoms with Crippen molar-refractivity contribution in [3.05, 3.63) is 59.7 Å². The maximum atomic E-state index is 12.3. The van der Waals surface area contributed by atoms with Gasteiger partial charge < -0.3 is 15.4 Å². The number of hydrogen-bond acceptors (Lipinski definition) is 4. The van der Waals surface area contributed by atoms with E-state index in [0.717, 1.165) is 5.56 Å². The number of nitrogens with one attached hydrogen (secondary N) is 2. The Labute approximate surface area is 166 Å². The van der Waals surface area contributed by atoms with Crippen molar-refractivity contribution < 1.29 is 19.1 Å². The average Bonchev–Trinajstić information content (AvgIpc) is 3.20. The van der Waals surface area contributed by atoms with E-state index in [9.17, 15) is 14.4 Å². The van der Waals surface area contributed by atoms with Gasteiger partial charge in [0, 0.05) is 11.5 Å². The summed E-state index contributed by atoms with van der Waals surface area (Å²) >= 11 is 0. The minimum absolute atomic E-state index is 0.206. The zero-order valence-corrected chi connectivity index (χ0v) is 16.6. The highest BCUT2D eigenvalue weighted by Gasteiger charge is 2.23. The molecule has 0 saturated heterocycles. The molecule has 2 rings (SSSR count). The molecule has 2 N–H and O–H groups in total. The maximum absolute atomic E-state index is 12.3. The van der Waals surface area contributed by atoms with Crippen LogP contribution in [0.25, 0.3) is 0 Å². The van der Waals surface area contributed by atoms with E-state index in [1.165, 1.54) is 0 Å². The fourth-order valence-electron chi connectivity index (χ4n) is 2.95. The van der Waals surface area contributed by atoms with Crippen molar-refractivity contribution in [2.75, 3.05) is 13.2 Å². The Morgan fingerprint density at radius 1 is 1.07 bits per heavy atom. The Balaban J connectivity index is 1.86. The van der Waals surface area contributed by atoms with Gasteiger partial charge in [-0.3, -0.25) is 9.59 Å². The molecular formula is C22H28N2O4. The molecule has 1 atom stereocenters. The van der Waals surface area contributed by atoms with Crippen LogP contribution < -0.4 is 10.6 Å². The van der Waals surface area contributed by atoms with Gasteiger partial charge in [-0.2, -0.15) is 0 Å². The fraction of sp³-hybridized carbons (Fsp3) is 0.409. The van der Waals surface area contributed by atoms with Crippen LogP contribution in [-0.2, 0) is 14.3 Å². The van der Waals surface area contributed by atoms with E-state index in [-0.39, 0.29) is 30.9 Å². The molecule has 28 heavy (non-hydrogen) atoms. The quantitative estimate of drug-likeness (QED) is 0.641. The van der Waals surface area contributed by atoms with Gasteiger partial charge in [-0.15, -0.1) is 0 Å². The van der Waals surface area contributed by atoms with Crippen LogP contribution in [0.15, 0.2) is 48.6 Å². The second kappa shape index (κ2) is 10.4. The molecule has 1 aromatic carbocycles. The normalized spacial score (nSPS) is 14.1. The molecule has 0 bridgehead atoms. The Bertz CT molecular complexity index is 738. The molecule has 0 saturated carbocycles. The molecule has 0 aromatic heterocycles. The first-order chi connectivity index (χ1) is 13.4. The van der Waals surface area contributed by atoms with Crippen molar-refractivity contribution in [1.82, 2.24) is 10.6 Å². The lowest BCUT2D eigenvalue weighted by Gasteiger charge is -2.19. The number of benzene rings is 1. The van der Waals surface area contributed by atoms with Crippen molar-refractivity contribution in [3.8, 4) is 0 Å². The van der Waals surface area contributed by atoms with Gasteiger partial charge in [-0.25, -0.2) is 4.79 Å². The summed E-state index contributed by atoms with van der Waals surface area (Å²) in [5, 5.41) is 5.23. The van der Waals surface area contributed by atoms with Crippen LogP contribution in [0, 0.1) is 5.92 Å². The average molecular weight is 384 g/mol. The van der Waals surface area contributed by atoms with Gasteiger partial charge in [-0.1, -0.05) is 50.3 Å². The summed E-state index contributed by atoms with van der Waals surface area (Å²) in [5.41, 5.74) is 1.58. The van der Waals surface area contributed by atoms with Gasteiger partial charge >= 0.3 is 5.97 Å². The number of ether oxygens (including phenoxy) is 1. The van der Waals surface area contributed by atoms with E-state index in [0.29, 0.717) is 12.0 Å². The lowest BCUT2D eigenvalue weighted by Crippen LogP contribution is -2.46. The third kappa shape index (κ3) is 6.37. The second-order valence-electron chi connectivity index (χ2n) is 7.10. The standard InChI is InChI=1S/C22H28N2O4/c1-4-28-22(27)19(13-15(2)3)24-20(25)14-23-21(26)18-11-9-17(10-12-18)16-7-5-6-8-16/h5-12,15-16,19H,4,13-14H2,1-3H3,(H,23,26)(H,24,25)/t19-/m0/s1. The van der Waals surface area contributed by atoms with Crippen LogP contribution in [0.2, 0.25) is 0 Å². The molecule has 1 aliphatic rings. The van der Waals surface area contributed by atoms with Crippen molar-refractivity contribution in [2.24, 2.45) is 5.92 Å². The Hall–Kier alpha value is -2.89. The number of esters is 1. The van der Waals surface area contributed by atoms with Crippen LogP contribution in [0.5, 0.6) is 0 Å². The van der Waals surface area contributed by atoms with E-state index in [4.69, 9.17) is 4.74 Å². The number of carbonyl (C=O) groups is 3. The predicted molar refractivity (Wildman–Crippen MR) is 108 cm³/mol. The monoisotopic (exact) mass is 384 g/mol. The molecule has 0 unspecified atom stereocenters. The molecule has 1 aliphatic carbocycles. The summed E-state index contributed by atoms with van der Waals surface area (Å²) in [4.78, 5) is 36.4. The van der Waals surface area contributed by atoms with Crippen molar-refractivity contribution >= 4 is 17.8 Å². The van der Waals surface area contributed by atoms with Crippen LogP contribution >= 0.6 is 0 Å². The van der Waals surface area contributed by atoms with Crippen molar-refractivity contribution in [1.29, 1.82) is 0 Å². The molecule has 1 aromatic rings. The third-order valence-electron chi connectivity index (χ3n) is 4.33. The molecule has 0 radical (unpaired) electrons. The SMILES string of the molecule is CCOC(=O)[C@H](CC(C)C)NC(=O)CNC(=O)c1ccc(C2C=CC=C2)cc1. The van der Waals surface area contributed by atoms with Crippen molar-refractivity contribution in [2.45, 2.75) is 39.2 Å². The van der Waals surface area contributed by atoms with Gasteiger partial charge in [-0.05, 0) is 37.0 Å². The minimum atomic E-state index is -0.712. The summed E-state index contributed by atoms with van der Waals surface area (Å²) < 4.78 is 5.00. The molecule has 0 aliphatic heterocycles. The summed E-state index contributed by atoms with van der Waals surface area (Å²) in [5.74, 6) is -0.766.